The zero-order chi connectivity index (χ0) is 11.8. The van der Waals surface area contributed by atoms with E-state index < -0.39 is 0 Å². The standard InChI is InChI=1S/C11H15ClN2OS/c1-11(2)4-3-5-14(11)10-13-8(7-16-10)9(15)6-12/h7H,3-6H2,1-2H3. The first-order valence-corrected chi connectivity index (χ1v) is 6.78. The van der Waals surface area contributed by atoms with Crippen LogP contribution in [0.5, 0.6) is 0 Å². The molecule has 3 nitrogen and oxygen atoms in total. The fourth-order valence-corrected chi connectivity index (χ4v) is 3.20. The number of thiazole rings is 1. The summed E-state index contributed by atoms with van der Waals surface area (Å²) in [5, 5.41) is 2.74. The van der Waals surface area contributed by atoms with Crippen LogP contribution in [0.25, 0.3) is 0 Å². The lowest BCUT2D eigenvalue weighted by atomic mass is 10.0. The summed E-state index contributed by atoms with van der Waals surface area (Å²) in [7, 11) is 0. The van der Waals surface area contributed by atoms with E-state index in [0.717, 1.165) is 11.7 Å². The molecule has 1 aromatic rings. The molecule has 1 aliphatic rings. The van der Waals surface area contributed by atoms with Crippen LogP contribution in [0.15, 0.2) is 5.38 Å². The summed E-state index contributed by atoms with van der Waals surface area (Å²) in [5.74, 6) is -0.0896. The maximum absolute atomic E-state index is 11.4. The van der Waals surface area contributed by atoms with Gasteiger partial charge in [0.2, 0.25) is 0 Å². The van der Waals surface area contributed by atoms with Gasteiger partial charge in [-0.1, -0.05) is 0 Å². The van der Waals surface area contributed by atoms with Crippen molar-refractivity contribution in [2.24, 2.45) is 0 Å². The molecule has 2 heterocycles. The predicted molar refractivity (Wildman–Crippen MR) is 67.8 cm³/mol. The van der Waals surface area contributed by atoms with Crippen LogP contribution >= 0.6 is 22.9 Å². The lowest BCUT2D eigenvalue weighted by Crippen LogP contribution is -2.38. The Morgan fingerprint density at radius 3 is 3.00 bits per heavy atom. The molecule has 0 unspecified atom stereocenters. The van der Waals surface area contributed by atoms with E-state index in [2.05, 4.69) is 23.7 Å². The quantitative estimate of drug-likeness (QED) is 0.617. The Bertz CT molecular complexity index is 402. The number of hydrogen-bond donors (Lipinski definition) is 0. The molecule has 88 valence electrons. The first kappa shape index (κ1) is 11.9. The number of ketones is 1. The van der Waals surface area contributed by atoms with Gasteiger partial charge in [-0.2, -0.15) is 0 Å². The molecule has 0 spiro atoms. The lowest BCUT2D eigenvalue weighted by molar-refractivity contribution is 0.101. The molecule has 0 bridgehead atoms. The van der Waals surface area contributed by atoms with Gasteiger partial charge in [0.15, 0.2) is 10.9 Å². The van der Waals surface area contributed by atoms with Gasteiger partial charge in [0.1, 0.15) is 5.69 Å². The summed E-state index contributed by atoms with van der Waals surface area (Å²) >= 11 is 7.04. The van der Waals surface area contributed by atoms with Crippen LogP contribution < -0.4 is 4.90 Å². The zero-order valence-electron chi connectivity index (χ0n) is 9.49. The van der Waals surface area contributed by atoms with Crippen molar-refractivity contribution in [2.45, 2.75) is 32.2 Å². The van der Waals surface area contributed by atoms with Gasteiger partial charge in [0, 0.05) is 17.5 Å². The molecule has 1 aromatic heterocycles. The average molecular weight is 259 g/mol. The highest BCUT2D eigenvalue weighted by Crippen LogP contribution is 2.35. The summed E-state index contributed by atoms with van der Waals surface area (Å²) < 4.78 is 0. The van der Waals surface area contributed by atoms with Gasteiger partial charge in [-0.25, -0.2) is 4.98 Å². The number of anilines is 1. The number of rotatable bonds is 3. The summed E-state index contributed by atoms with van der Waals surface area (Å²) in [4.78, 5) is 18.0. The third kappa shape index (κ3) is 2.09. The Balaban J connectivity index is 2.22. The third-order valence-electron chi connectivity index (χ3n) is 3.03. The minimum atomic E-state index is -0.0961. The molecule has 5 heteroatoms. The number of alkyl halides is 1. The Morgan fingerprint density at radius 2 is 2.44 bits per heavy atom. The second-order valence-corrected chi connectivity index (χ2v) is 5.74. The second-order valence-electron chi connectivity index (χ2n) is 4.64. The van der Waals surface area contributed by atoms with Crippen LogP contribution in [0, 0.1) is 0 Å². The number of nitrogens with zero attached hydrogens (tertiary/aromatic N) is 2. The molecule has 2 rings (SSSR count). The second kappa shape index (κ2) is 4.34. The smallest absolute Gasteiger partial charge is 0.196 e. The van der Waals surface area contributed by atoms with Crippen molar-refractivity contribution < 1.29 is 4.79 Å². The molecule has 0 aliphatic carbocycles. The van der Waals surface area contributed by atoms with Gasteiger partial charge in [-0.3, -0.25) is 4.79 Å². The van der Waals surface area contributed by atoms with Crippen molar-refractivity contribution in [3.05, 3.63) is 11.1 Å². The fraction of sp³-hybridized carbons (Fsp3) is 0.636. The van der Waals surface area contributed by atoms with Crippen molar-refractivity contribution in [1.82, 2.24) is 4.98 Å². The Hall–Kier alpha value is -0.610. The number of carbonyl (C=O) groups is 1. The van der Waals surface area contributed by atoms with Crippen molar-refractivity contribution in [3.8, 4) is 0 Å². The van der Waals surface area contributed by atoms with Crippen LogP contribution in [-0.2, 0) is 0 Å². The molecule has 0 N–H and O–H groups in total. The van der Waals surface area contributed by atoms with Gasteiger partial charge in [-0.15, -0.1) is 22.9 Å². The van der Waals surface area contributed by atoms with Crippen molar-refractivity contribution in [1.29, 1.82) is 0 Å². The van der Waals surface area contributed by atoms with E-state index in [4.69, 9.17) is 11.6 Å². The van der Waals surface area contributed by atoms with Crippen LogP contribution in [0.1, 0.15) is 37.2 Å². The van der Waals surface area contributed by atoms with Crippen molar-refractivity contribution in [3.63, 3.8) is 0 Å². The zero-order valence-corrected chi connectivity index (χ0v) is 11.1. The summed E-state index contributed by atoms with van der Waals surface area (Å²) in [6.45, 7) is 5.45. The molecule has 16 heavy (non-hydrogen) atoms. The van der Waals surface area contributed by atoms with Crippen LogP contribution in [0.4, 0.5) is 5.13 Å². The number of carbonyl (C=O) groups excluding carboxylic acids is 1. The Kier molecular flexibility index (Phi) is 3.22. The molecule has 0 aromatic carbocycles. The van der Waals surface area contributed by atoms with Crippen molar-refractivity contribution >= 4 is 33.9 Å². The molecule has 1 fully saturated rings. The molecule has 1 aliphatic heterocycles. The Labute approximate surface area is 104 Å². The van der Waals surface area contributed by atoms with Crippen molar-refractivity contribution in [2.75, 3.05) is 17.3 Å². The monoisotopic (exact) mass is 258 g/mol. The number of Topliss-reactive ketones (excluding diaryl/α,β-unsaturated/α-hetero) is 1. The predicted octanol–water partition coefficient (Wildman–Crippen LogP) is 2.94. The average Bonchev–Trinajstić information content (AvgIpc) is 2.82. The van der Waals surface area contributed by atoms with Gasteiger partial charge >= 0.3 is 0 Å². The largest absolute Gasteiger partial charge is 0.343 e. The number of aromatic nitrogens is 1. The van der Waals surface area contributed by atoms with Gasteiger partial charge in [0.25, 0.3) is 0 Å². The normalized spacial score (nSPS) is 19.1. The molecule has 0 saturated carbocycles. The number of halogens is 1. The Morgan fingerprint density at radius 1 is 1.69 bits per heavy atom. The minimum absolute atomic E-state index is 0.00651. The molecule has 1 saturated heterocycles. The van der Waals surface area contributed by atoms with Gasteiger partial charge in [-0.05, 0) is 26.7 Å². The van der Waals surface area contributed by atoms with Crippen LogP contribution in [-0.4, -0.2) is 28.7 Å². The highest BCUT2D eigenvalue weighted by Gasteiger charge is 2.33. The lowest BCUT2D eigenvalue weighted by Gasteiger charge is -2.31. The van der Waals surface area contributed by atoms with Gasteiger partial charge < -0.3 is 4.90 Å². The highest BCUT2D eigenvalue weighted by molar-refractivity contribution is 7.14. The summed E-state index contributed by atoms with van der Waals surface area (Å²) in [5.41, 5.74) is 0.650. The molecule has 0 amide bonds. The van der Waals surface area contributed by atoms with Gasteiger partial charge in [0.05, 0.1) is 5.88 Å². The molecule has 0 radical (unpaired) electrons. The van der Waals surface area contributed by atoms with E-state index in [-0.39, 0.29) is 17.2 Å². The maximum Gasteiger partial charge on any atom is 0.196 e. The molecular weight excluding hydrogens is 244 g/mol. The summed E-state index contributed by atoms with van der Waals surface area (Å²) in [6, 6.07) is 0. The van der Waals surface area contributed by atoms with E-state index in [1.165, 1.54) is 24.2 Å². The minimum Gasteiger partial charge on any atom is -0.343 e. The molecular formula is C11H15ClN2OS. The van der Waals surface area contributed by atoms with E-state index in [1.54, 1.807) is 5.38 Å². The highest BCUT2D eigenvalue weighted by atomic mass is 35.5. The van der Waals surface area contributed by atoms with Crippen LogP contribution in [0.3, 0.4) is 0 Å². The first-order valence-electron chi connectivity index (χ1n) is 5.37. The van der Waals surface area contributed by atoms with E-state index in [9.17, 15) is 4.79 Å². The SMILES string of the molecule is CC1(C)CCCN1c1nc(C(=O)CCl)cs1. The molecule has 0 atom stereocenters. The van der Waals surface area contributed by atoms with Crippen LogP contribution in [0.2, 0.25) is 0 Å². The number of hydrogen-bond acceptors (Lipinski definition) is 4. The topological polar surface area (TPSA) is 33.2 Å². The van der Waals surface area contributed by atoms with E-state index >= 15 is 0 Å². The third-order valence-corrected chi connectivity index (χ3v) is 4.14. The summed E-state index contributed by atoms with van der Waals surface area (Å²) in [6.07, 6.45) is 2.36. The van der Waals surface area contributed by atoms with E-state index in [1.807, 2.05) is 0 Å². The van der Waals surface area contributed by atoms with E-state index in [0.29, 0.717) is 5.69 Å². The fourth-order valence-electron chi connectivity index (χ4n) is 2.05. The maximum atomic E-state index is 11.4. The first-order chi connectivity index (χ1) is 7.54.